The summed E-state index contributed by atoms with van der Waals surface area (Å²) in [7, 11) is 0. The summed E-state index contributed by atoms with van der Waals surface area (Å²) in [5.74, 6) is 0.163. The van der Waals surface area contributed by atoms with E-state index < -0.39 is 5.92 Å². The molecule has 0 spiro atoms. The molecular formula is C13H9N5O2Se. The van der Waals surface area contributed by atoms with Crippen molar-refractivity contribution >= 4 is 31.7 Å². The van der Waals surface area contributed by atoms with Crippen LogP contribution in [0.2, 0.25) is 0 Å². The molecule has 2 aromatic heterocycles. The quantitative estimate of drug-likeness (QED) is 0.418. The van der Waals surface area contributed by atoms with Gasteiger partial charge in [0.25, 0.3) is 0 Å². The average molecular weight is 346 g/mol. The second kappa shape index (κ2) is 4.54. The van der Waals surface area contributed by atoms with Crippen molar-refractivity contribution < 1.29 is 4.92 Å². The molecule has 8 heteroatoms. The van der Waals surface area contributed by atoms with E-state index in [1.54, 1.807) is 0 Å². The Labute approximate surface area is 125 Å². The van der Waals surface area contributed by atoms with Gasteiger partial charge in [0.1, 0.15) is 0 Å². The molecule has 0 aliphatic carbocycles. The number of hydrogen-bond acceptors (Lipinski definition) is 5. The molecule has 104 valence electrons. The molecule has 3 heterocycles. The number of nitrogens with one attached hydrogen (secondary N) is 2. The molecule has 0 bridgehead atoms. The third-order valence-electron chi connectivity index (χ3n) is 3.58. The van der Waals surface area contributed by atoms with E-state index in [4.69, 9.17) is 0 Å². The van der Waals surface area contributed by atoms with Gasteiger partial charge in [0, 0.05) is 0 Å². The molecule has 0 radical (unpaired) electrons. The maximum absolute atomic E-state index is 11.4. The fraction of sp³-hybridized carbons (Fsp3) is 0.0769. The van der Waals surface area contributed by atoms with Crippen molar-refractivity contribution in [3.05, 3.63) is 63.7 Å². The van der Waals surface area contributed by atoms with E-state index in [1.807, 2.05) is 30.5 Å². The first-order valence-electron chi connectivity index (χ1n) is 6.25. The van der Waals surface area contributed by atoms with Gasteiger partial charge in [-0.2, -0.15) is 0 Å². The van der Waals surface area contributed by atoms with Crippen molar-refractivity contribution in [3.8, 4) is 0 Å². The van der Waals surface area contributed by atoms with Gasteiger partial charge in [0.2, 0.25) is 0 Å². The molecule has 3 aromatic rings. The number of allylic oxidation sites excluding steroid dienone is 1. The van der Waals surface area contributed by atoms with E-state index in [1.165, 1.54) is 6.20 Å². The fourth-order valence-electron chi connectivity index (χ4n) is 2.65. The molecule has 4 rings (SSSR count). The first kappa shape index (κ1) is 12.3. The summed E-state index contributed by atoms with van der Waals surface area (Å²) in [5, 5.41) is 15.2. The van der Waals surface area contributed by atoms with E-state index in [2.05, 4.69) is 18.3 Å². The third-order valence-corrected chi connectivity index (χ3v) is 4.72. The summed E-state index contributed by atoms with van der Waals surface area (Å²) in [6, 6.07) is 7.76. The van der Waals surface area contributed by atoms with Gasteiger partial charge in [0.15, 0.2) is 0 Å². The molecule has 2 N–H and O–H groups in total. The summed E-state index contributed by atoms with van der Waals surface area (Å²) in [4.78, 5) is 14.2. The Morgan fingerprint density at radius 1 is 1.29 bits per heavy atom. The summed E-state index contributed by atoms with van der Waals surface area (Å²) < 4.78 is 8.67. The molecule has 1 aromatic carbocycles. The Morgan fingerprint density at radius 3 is 3.00 bits per heavy atom. The molecule has 0 saturated heterocycles. The van der Waals surface area contributed by atoms with Gasteiger partial charge in [-0.25, -0.2) is 0 Å². The molecular weight excluding hydrogens is 337 g/mol. The number of fused-ring (bicyclic) bond motifs is 2. The SMILES string of the molecule is O=[N+]([O-])C1=CNc2n[se]nc2C1c1c[nH]c2ccccc12. The van der Waals surface area contributed by atoms with Crippen molar-refractivity contribution in [1.82, 2.24) is 12.9 Å². The number of para-hydroxylation sites is 1. The molecule has 7 nitrogen and oxygen atoms in total. The number of hydrogen-bond donors (Lipinski definition) is 2. The van der Waals surface area contributed by atoms with Crippen LogP contribution >= 0.6 is 0 Å². The Bertz CT molecular complexity index is 881. The van der Waals surface area contributed by atoms with Crippen molar-refractivity contribution in [2.45, 2.75) is 5.92 Å². The van der Waals surface area contributed by atoms with Crippen molar-refractivity contribution in [1.29, 1.82) is 0 Å². The van der Waals surface area contributed by atoms with Gasteiger partial charge in [-0.3, -0.25) is 0 Å². The first-order valence-corrected chi connectivity index (χ1v) is 7.78. The zero-order valence-electron chi connectivity index (χ0n) is 10.6. The predicted molar refractivity (Wildman–Crippen MR) is 77.8 cm³/mol. The molecule has 0 amide bonds. The zero-order valence-corrected chi connectivity index (χ0v) is 12.3. The Hall–Kier alpha value is -2.44. The van der Waals surface area contributed by atoms with Gasteiger partial charge >= 0.3 is 125 Å². The molecule has 1 aliphatic heterocycles. The number of anilines is 1. The van der Waals surface area contributed by atoms with Gasteiger partial charge in [-0.1, -0.05) is 0 Å². The minimum absolute atomic E-state index is 0.0927. The van der Waals surface area contributed by atoms with Crippen molar-refractivity contribution in [2.24, 2.45) is 0 Å². The van der Waals surface area contributed by atoms with Gasteiger partial charge < -0.3 is 0 Å². The van der Waals surface area contributed by atoms with Crippen LogP contribution in [-0.2, 0) is 0 Å². The average Bonchev–Trinajstić information content (AvgIpc) is 3.12. The van der Waals surface area contributed by atoms with Crippen molar-refractivity contribution in [3.63, 3.8) is 0 Å². The topological polar surface area (TPSA) is 96.7 Å². The van der Waals surface area contributed by atoms with Gasteiger partial charge in [-0.15, -0.1) is 0 Å². The maximum atomic E-state index is 11.4. The minimum atomic E-state index is -0.486. The Balaban J connectivity index is 1.97. The first-order chi connectivity index (χ1) is 10.3. The second-order valence-electron chi connectivity index (χ2n) is 4.69. The Morgan fingerprint density at radius 2 is 2.14 bits per heavy atom. The zero-order chi connectivity index (χ0) is 14.4. The van der Waals surface area contributed by atoms with Crippen LogP contribution in [-0.4, -0.2) is 32.8 Å². The molecule has 1 unspecified atom stereocenters. The fourth-order valence-corrected chi connectivity index (χ4v) is 3.80. The molecule has 0 saturated carbocycles. The van der Waals surface area contributed by atoms with Crippen LogP contribution in [0.3, 0.4) is 0 Å². The van der Waals surface area contributed by atoms with Crippen molar-refractivity contribution in [2.75, 3.05) is 5.32 Å². The van der Waals surface area contributed by atoms with E-state index in [0.29, 0.717) is 11.5 Å². The van der Waals surface area contributed by atoms with Crippen LogP contribution in [0.4, 0.5) is 5.82 Å². The summed E-state index contributed by atoms with van der Waals surface area (Å²) >= 11 is -0.234. The van der Waals surface area contributed by atoms with E-state index in [-0.39, 0.29) is 25.6 Å². The van der Waals surface area contributed by atoms with Crippen LogP contribution in [0.25, 0.3) is 10.9 Å². The molecule has 21 heavy (non-hydrogen) atoms. The van der Waals surface area contributed by atoms with Crippen LogP contribution in [0.1, 0.15) is 17.2 Å². The normalized spacial score (nSPS) is 17.1. The summed E-state index contributed by atoms with van der Waals surface area (Å²) in [6.07, 6.45) is 3.25. The number of rotatable bonds is 2. The molecule has 1 atom stereocenters. The summed E-state index contributed by atoms with van der Waals surface area (Å²) in [6.45, 7) is 0. The Kier molecular flexibility index (Phi) is 2.66. The second-order valence-corrected chi connectivity index (χ2v) is 5.80. The third kappa shape index (κ3) is 1.80. The van der Waals surface area contributed by atoms with E-state index >= 15 is 0 Å². The van der Waals surface area contributed by atoms with Gasteiger partial charge in [-0.05, 0) is 0 Å². The van der Waals surface area contributed by atoms with Crippen LogP contribution in [0.15, 0.2) is 42.4 Å². The van der Waals surface area contributed by atoms with E-state index in [9.17, 15) is 10.1 Å². The van der Waals surface area contributed by atoms with Crippen LogP contribution < -0.4 is 5.32 Å². The number of aromatic amines is 1. The standard InChI is InChI=1S/C13H9N5O2Se/c19-18(20)10-6-15-13-12(16-21-17-13)11(10)8-5-14-9-4-2-1-3-7(8)9/h1-6,11,14H,(H,15,17). The van der Waals surface area contributed by atoms with Gasteiger partial charge in [0.05, 0.1) is 0 Å². The number of benzene rings is 1. The predicted octanol–water partition coefficient (Wildman–Crippen LogP) is 1.69. The van der Waals surface area contributed by atoms with Crippen LogP contribution in [0, 0.1) is 10.1 Å². The monoisotopic (exact) mass is 347 g/mol. The number of H-pyrrole nitrogens is 1. The number of nitro groups is 1. The van der Waals surface area contributed by atoms with E-state index in [0.717, 1.165) is 16.5 Å². The number of aromatic nitrogens is 3. The molecule has 1 aliphatic rings. The molecule has 0 fully saturated rings. The summed E-state index contributed by atoms with van der Waals surface area (Å²) in [5.41, 5.74) is 2.57. The number of nitrogens with zero attached hydrogens (tertiary/aromatic N) is 3. The van der Waals surface area contributed by atoms with Crippen LogP contribution in [0.5, 0.6) is 0 Å².